The van der Waals surface area contributed by atoms with Gasteiger partial charge in [-0.05, 0) is 50.2 Å². The number of carbonyl (C=O) groups excluding carboxylic acids is 1. The molecular formula is C24H21N3O4S. The lowest BCUT2D eigenvalue weighted by Crippen LogP contribution is -2.27. The maximum atomic E-state index is 13.0. The first-order valence-corrected chi connectivity index (χ1v) is 11.3. The van der Waals surface area contributed by atoms with Crippen LogP contribution >= 0.6 is 0 Å². The number of para-hydroxylation sites is 1. The third kappa shape index (κ3) is 4.70. The molecule has 1 aromatic heterocycles. The molecule has 0 radical (unpaired) electrons. The van der Waals surface area contributed by atoms with Gasteiger partial charge in [0.25, 0.3) is 15.9 Å². The largest absolute Gasteiger partial charge is 0.436 e. The van der Waals surface area contributed by atoms with Crippen molar-refractivity contribution in [3.63, 3.8) is 0 Å². The van der Waals surface area contributed by atoms with Crippen molar-refractivity contribution in [3.05, 3.63) is 101 Å². The summed E-state index contributed by atoms with van der Waals surface area (Å²) in [6.07, 6.45) is 0. The standard InChI is InChI=1S/C24H21N3O4S/c1-16-7-11-19(12-8-16)25-23(28)21-15-18-5-3-4-6-22(18)31-24(21)26-27-32(29,30)20-13-9-17(2)10-14-20/h3-15,27H,1-2H3,(H,25,28)/b26-24-. The van der Waals surface area contributed by atoms with Crippen LogP contribution in [0.2, 0.25) is 0 Å². The monoisotopic (exact) mass is 447 g/mol. The Morgan fingerprint density at radius 1 is 0.875 bits per heavy atom. The van der Waals surface area contributed by atoms with E-state index in [1.807, 2.05) is 32.0 Å². The number of aryl methyl sites for hydroxylation is 2. The summed E-state index contributed by atoms with van der Waals surface area (Å²) in [7, 11) is -3.94. The highest BCUT2D eigenvalue weighted by atomic mass is 32.2. The molecule has 0 saturated heterocycles. The molecule has 0 spiro atoms. The van der Waals surface area contributed by atoms with Crippen LogP contribution in [0.25, 0.3) is 11.0 Å². The van der Waals surface area contributed by atoms with Crippen molar-refractivity contribution in [2.75, 3.05) is 5.32 Å². The molecule has 3 aromatic carbocycles. The molecule has 0 bridgehead atoms. The van der Waals surface area contributed by atoms with E-state index in [-0.39, 0.29) is 16.0 Å². The van der Waals surface area contributed by atoms with Crippen LogP contribution in [0.4, 0.5) is 5.69 Å². The second kappa shape index (κ2) is 8.68. The lowest BCUT2D eigenvalue weighted by atomic mass is 10.1. The van der Waals surface area contributed by atoms with E-state index >= 15 is 0 Å². The number of nitrogens with zero attached hydrogens (tertiary/aromatic N) is 1. The molecule has 4 aromatic rings. The SMILES string of the molecule is Cc1ccc(NC(=O)c2cc3ccccc3o/c2=N\NS(=O)(=O)c2ccc(C)cc2)cc1. The molecule has 32 heavy (non-hydrogen) atoms. The number of rotatable bonds is 5. The number of amides is 1. The molecule has 0 fully saturated rings. The normalized spacial score (nSPS) is 12.0. The van der Waals surface area contributed by atoms with Gasteiger partial charge in [-0.1, -0.05) is 53.6 Å². The van der Waals surface area contributed by atoms with E-state index < -0.39 is 15.9 Å². The molecular weight excluding hydrogens is 426 g/mol. The zero-order valence-corrected chi connectivity index (χ0v) is 18.3. The van der Waals surface area contributed by atoms with Crippen molar-refractivity contribution in [2.24, 2.45) is 5.10 Å². The number of hydrogen-bond acceptors (Lipinski definition) is 5. The van der Waals surface area contributed by atoms with Gasteiger partial charge in [-0.15, -0.1) is 5.10 Å². The van der Waals surface area contributed by atoms with Crippen LogP contribution in [0.5, 0.6) is 0 Å². The van der Waals surface area contributed by atoms with Gasteiger partial charge >= 0.3 is 0 Å². The Balaban J connectivity index is 1.74. The summed E-state index contributed by atoms with van der Waals surface area (Å²) in [6, 6.07) is 22.4. The first-order valence-electron chi connectivity index (χ1n) is 9.85. The molecule has 0 atom stereocenters. The molecule has 0 unspecified atom stereocenters. The highest BCUT2D eigenvalue weighted by molar-refractivity contribution is 7.89. The summed E-state index contributed by atoms with van der Waals surface area (Å²) in [6.45, 7) is 3.81. The molecule has 2 N–H and O–H groups in total. The van der Waals surface area contributed by atoms with Gasteiger partial charge in [0.2, 0.25) is 5.55 Å². The number of nitrogens with one attached hydrogen (secondary N) is 2. The van der Waals surface area contributed by atoms with Gasteiger partial charge in [-0.2, -0.15) is 13.2 Å². The zero-order valence-electron chi connectivity index (χ0n) is 17.5. The topological polar surface area (TPSA) is 101 Å². The highest BCUT2D eigenvalue weighted by Gasteiger charge is 2.16. The highest BCUT2D eigenvalue weighted by Crippen LogP contribution is 2.15. The summed E-state index contributed by atoms with van der Waals surface area (Å²) in [4.78, 5) is 15.2. The van der Waals surface area contributed by atoms with Gasteiger partial charge in [0, 0.05) is 11.1 Å². The van der Waals surface area contributed by atoms with Gasteiger partial charge < -0.3 is 9.73 Å². The van der Waals surface area contributed by atoms with Crippen molar-refractivity contribution < 1.29 is 17.6 Å². The summed E-state index contributed by atoms with van der Waals surface area (Å²) >= 11 is 0. The van der Waals surface area contributed by atoms with Gasteiger partial charge in [0.15, 0.2) is 0 Å². The van der Waals surface area contributed by atoms with Crippen LogP contribution in [0.15, 0.2) is 93.3 Å². The maximum Gasteiger partial charge on any atom is 0.276 e. The molecule has 8 heteroatoms. The van der Waals surface area contributed by atoms with E-state index in [2.05, 4.69) is 15.2 Å². The van der Waals surface area contributed by atoms with Crippen LogP contribution < -0.4 is 15.7 Å². The van der Waals surface area contributed by atoms with E-state index in [0.717, 1.165) is 11.1 Å². The van der Waals surface area contributed by atoms with E-state index in [0.29, 0.717) is 16.7 Å². The summed E-state index contributed by atoms with van der Waals surface area (Å²) in [5.74, 6) is -0.475. The van der Waals surface area contributed by atoms with Crippen molar-refractivity contribution >= 4 is 32.6 Å². The third-order valence-electron chi connectivity index (χ3n) is 4.81. The van der Waals surface area contributed by atoms with Crippen molar-refractivity contribution in [1.29, 1.82) is 0 Å². The summed E-state index contributed by atoms with van der Waals surface area (Å²) in [5.41, 5.74) is 3.00. The average Bonchev–Trinajstić information content (AvgIpc) is 2.79. The Morgan fingerprint density at radius 3 is 2.19 bits per heavy atom. The van der Waals surface area contributed by atoms with Gasteiger partial charge in [0.05, 0.1) is 4.90 Å². The number of fused-ring (bicyclic) bond motifs is 1. The second-order valence-electron chi connectivity index (χ2n) is 7.34. The fraction of sp³-hybridized carbons (Fsp3) is 0.0833. The fourth-order valence-electron chi connectivity index (χ4n) is 3.02. The average molecular weight is 448 g/mol. The quantitative estimate of drug-likeness (QED) is 0.450. The van der Waals surface area contributed by atoms with E-state index in [1.54, 1.807) is 48.5 Å². The third-order valence-corrected chi connectivity index (χ3v) is 6.03. The molecule has 0 aliphatic rings. The number of hydrogen-bond donors (Lipinski definition) is 2. The lowest BCUT2D eigenvalue weighted by Gasteiger charge is -2.08. The molecule has 7 nitrogen and oxygen atoms in total. The predicted molar refractivity (Wildman–Crippen MR) is 122 cm³/mol. The number of anilines is 1. The van der Waals surface area contributed by atoms with Gasteiger partial charge in [-0.25, -0.2) is 0 Å². The molecule has 0 saturated carbocycles. The Kier molecular flexibility index (Phi) is 5.79. The van der Waals surface area contributed by atoms with Gasteiger partial charge in [0.1, 0.15) is 11.1 Å². The van der Waals surface area contributed by atoms with Crippen molar-refractivity contribution in [1.82, 2.24) is 4.83 Å². The number of sulfonamides is 1. The van der Waals surface area contributed by atoms with Crippen LogP contribution in [0.3, 0.4) is 0 Å². The minimum atomic E-state index is -3.94. The number of carbonyl (C=O) groups is 1. The predicted octanol–water partition coefficient (Wildman–Crippen LogP) is 4.10. The first kappa shape index (κ1) is 21.3. The van der Waals surface area contributed by atoms with Gasteiger partial charge in [-0.3, -0.25) is 4.79 Å². The minimum Gasteiger partial charge on any atom is -0.436 e. The molecule has 0 aliphatic heterocycles. The van der Waals surface area contributed by atoms with Crippen LogP contribution in [0, 0.1) is 13.8 Å². The Morgan fingerprint density at radius 2 is 1.50 bits per heavy atom. The maximum absolute atomic E-state index is 13.0. The van der Waals surface area contributed by atoms with Crippen LogP contribution in [0.1, 0.15) is 21.5 Å². The molecule has 0 aliphatic carbocycles. The molecule has 1 heterocycles. The molecule has 162 valence electrons. The number of benzene rings is 3. The van der Waals surface area contributed by atoms with Crippen LogP contribution in [-0.4, -0.2) is 14.3 Å². The Bertz CT molecular complexity index is 1460. The lowest BCUT2D eigenvalue weighted by molar-refractivity contribution is 0.102. The zero-order chi connectivity index (χ0) is 22.7. The van der Waals surface area contributed by atoms with Crippen molar-refractivity contribution in [2.45, 2.75) is 18.7 Å². The molecule has 4 rings (SSSR count). The van der Waals surface area contributed by atoms with E-state index in [1.165, 1.54) is 12.1 Å². The smallest absolute Gasteiger partial charge is 0.276 e. The summed E-state index contributed by atoms with van der Waals surface area (Å²) < 4.78 is 31.0. The first-order chi connectivity index (χ1) is 15.3. The van der Waals surface area contributed by atoms with E-state index in [9.17, 15) is 13.2 Å². The summed E-state index contributed by atoms with van der Waals surface area (Å²) in [5, 5.41) is 7.41. The van der Waals surface area contributed by atoms with Crippen molar-refractivity contribution in [3.8, 4) is 0 Å². The minimum absolute atomic E-state index is 0.0540. The fourth-order valence-corrected chi connectivity index (χ4v) is 3.82. The Labute approximate surface area is 185 Å². The molecule has 1 amide bonds. The van der Waals surface area contributed by atoms with Crippen LogP contribution in [-0.2, 0) is 10.0 Å². The van der Waals surface area contributed by atoms with E-state index in [4.69, 9.17) is 4.42 Å². The second-order valence-corrected chi connectivity index (χ2v) is 9.00. The Hall–Kier alpha value is -3.91.